The Morgan fingerprint density at radius 2 is 1.94 bits per heavy atom. The maximum absolute atomic E-state index is 13.4. The first-order chi connectivity index (χ1) is 8.13. The maximum Gasteiger partial charge on any atom is 0.161 e. The zero-order valence-corrected chi connectivity index (χ0v) is 9.70. The Morgan fingerprint density at radius 3 is 2.65 bits per heavy atom. The molecule has 2 aromatic rings. The molecule has 0 spiro atoms. The molecule has 3 heteroatoms. The molecule has 0 unspecified atom stereocenters. The van der Waals surface area contributed by atoms with Crippen molar-refractivity contribution in [3.63, 3.8) is 0 Å². The van der Waals surface area contributed by atoms with E-state index in [1.807, 2.05) is 6.07 Å². The van der Waals surface area contributed by atoms with Gasteiger partial charge in [0.1, 0.15) is 5.82 Å². The molecule has 0 heterocycles. The lowest BCUT2D eigenvalue weighted by Gasteiger charge is -2.09. The average Bonchev–Trinajstić information content (AvgIpc) is 2.34. The summed E-state index contributed by atoms with van der Waals surface area (Å²) in [5.41, 5.74) is 2.19. The third kappa shape index (κ3) is 2.09. The number of hydrogen-bond donors (Lipinski definition) is 1. The second-order valence-electron chi connectivity index (χ2n) is 3.80. The molecule has 0 bridgehead atoms. The van der Waals surface area contributed by atoms with Gasteiger partial charge in [0, 0.05) is 0 Å². The minimum Gasteiger partial charge on any atom is -0.504 e. The zero-order chi connectivity index (χ0) is 12.4. The summed E-state index contributed by atoms with van der Waals surface area (Å²) in [5.74, 6) is 0.214. The van der Waals surface area contributed by atoms with Gasteiger partial charge in [0.2, 0.25) is 0 Å². The molecule has 2 aromatic carbocycles. The lowest BCUT2D eigenvalue weighted by Crippen LogP contribution is -1.89. The number of rotatable bonds is 2. The van der Waals surface area contributed by atoms with E-state index >= 15 is 0 Å². The molecule has 0 radical (unpaired) electrons. The van der Waals surface area contributed by atoms with Gasteiger partial charge in [0.05, 0.1) is 7.11 Å². The van der Waals surface area contributed by atoms with E-state index in [9.17, 15) is 9.50 Å². The van der Waals surface area contributed by atoms with Gasteiger partial charge in [0.15, 0.2) is 11.5 Å². The Morgan fingerprint density at radius 1 is 1.18 bits per heavy atom. The van der Waals surface area contributed by atoms with Crippen LogP contribution in [-0.4, -0.2) is 12.2 Å². The molecule has 88 valence electrons. The van der Waals surface area contributed by atoms with Crippen molar-refractivity contribution in [2.24, 2.45) is 0 Å². The number of ether oxygens (including phenoxy) is 1. The predicted octanol–water partition coefficient (Wildman–Crippen LogP) is 3.52. The molecule has 2 nitrogen and oxygen atoms in total. The number of aromatic hydroxyl groups is 1. The van der Waals surface area contributed by atoms with Crippen LogP contribution in [0.4, 0.5) is 4.39 Å². The summed E-state index contributed by atoms with van der Waals surface area (Å²) >= 11 is 0. The lowest BCUT2D eigenvalue weighted by molar-refractivity contribution is 0.373. The summed E-state index contributed by atoms with van der Waals surface area (Å²) in [5, 5.41) is 9.51. The first-order valence-corrected chi connectivity index (χ1v) is 5.26. The molecule has 0 saturated heterocycles. The third-order valence-electron chi connectivity index (χ3n) is 2.76. The van der Waals surface area contributed by atoms with Gasteiger partial charge in [-0.15, -0.1) is 0 Å². The topological polar surface area (TPSA) is 29.5 Å². The van der Waals surface area contributed by atoms with E-state index < -0.39 is 0 Å². The highest BCUT2D eigenvalue weighted by atomic mass is 19.1. The van der Waals surface area contributed by atoms with Crippen molar-refractivity contribution in [1.29, 1.82) is 0 Å². The number of phenols is 1. The molecule has 0 aliphatic heterocycles. The normalized spacial score (nSPS) is 10.3. The van der Waals surface area contributed by atoms with Crippen LogP contribution in [0.25, 0.3) is 11.1 Å². The van der Waals surface area contributed by atoms with E-state index in [0.29, 0.717) is 11.3 Å². The van der Waals surface area contributed by atoms with E-state index in [1.165, 1.54) is 13.2 Å². The average molecular weight is 232 g/mol. The molecule has 0 fully saturated rings. The summed E-state index contributed by atoms with van der Waals surface area (Å²) in [6.45, 7) is 1.73. The van der Waals surface area contributed by atoms with E-state index in [2.05, 4.69) is 0 Å². The summed E-state index contributed by atoms with van der Waals surface area (Å²) in [6, 6.07) is 9.90. The Labute approximate surface area is 99.3 Å². The molecule has 2 rings (SSSR count). The van der Waals surface area contributed by atoms with Crippen LogP contribution < -0.4 is 4.74 Å². The molecular formula is C14H13FO2. The van der Waals surface area contributed by atoms with Crippen LogP contribution in [0.3, 0.4) is 0 Å². The van der Waals surface area contributed by atoms with Gasteiger partial charge < -0.3 is 9.84 Å². The number of hydrogen-bond acceptors (Lipinski definition) is 2. The Hall–Kier alpha value is -2.03. The standard InChI is InChI=1S/C14H13FO2/c1-9-11(4-3-5-12(9)15)10-6-7-13(16)14(8-10)17-2/h3-8,16H,1-2H3. The highest BCUT2D eigenvalue weighted by Crippen LogP contribution is 2.33. The van der Waals surface area contributed by atoms with Gasteiger partial charge in [-0.3, -0.25) is 0 Å². The smallest absolute Gasteiger partial charge is 0.161 e. The van der Waals surface area contributed by atoms with Gasteiger partial charge in [0.25, 0.3) is 0 Å². The Balaban J connectivity index is 2.57. The molecular weight excluding hydrogens is 219 g/mol. The fraction of sp³-hybridized carbons (Fsp3) is 0.143. The van der Waals surface area contributed by atoms with E-state index in [4.69, 9.17) is 4.74 Å². The van der Waals surface area contributed by atoms with Gasteiger partial charge in [-0.05, 0) is 41.8 Å². The Bertz CT molecular complexity index is 550. The van der Waals surface area contributed by atoms with Gasteiger partial charge >= 0.3 is 0 Å². The van der Waals surface area contributed by atoms with Crippen molar-refractivity contribution >= 4 is 0 Å². The molecule has 0 amide bonds. The summed E-state index contributed by atoms with van der Waals surface area (Å²) in [4.78, 5) is 0. The van der Waals surface area contributed by atoms with Crippen molar-refractivity contribution in [2.45, 2.75) is 6.92 Å². The number of halogens is 1. The molecule has 0 aliphatic rings. The molecule has 0 aromatic heterocycles. The van der Waals surface area contributed by atoms with Crippen molar-refractivity contribution in [3.8, 4) is 22.6 Å². The highest BCUT2D eigenvalue weighted by Gasteiger charge is 2.08. The molecule has 0 saturated carbocycles. The monoisotopic (exact) mass is 232 g/mol. The van der Waals surface area contributed by atoms with Gasteiger partial charge in [-0.25, -0.2) is 4.39 Å². The van der Waals surface area contributed by atoms with Crippen LogP contribution in [0.15, 0.2) is 36.4 Å². The number of phenolic OH excluding ortho intramolecular Hbond substituents is 1. The number of benzene rings is 2. The molecule has 1 N–H and O–H groups in total. The SMILES string of the molecule is COc1cc(-c2cccc(F)c2C)ccc1O. The van der Waals surface area contributed by atoms with E-state index in [1.54, 1.807) is 31.2 Å². The first kappa shape index (κ1) is 11.5. The van der Waals surface area contributed by atoms with Crippen molar-refractivity contribution < 1.29 is 14.2 Å². The van der Waals surface area contributed by atoms with Crippen molar-refractivity contribution in [1.82, 2.24) is 0 Å². The van der Waals surface area contributed by atoms with Gasteiger partial charge in [-0.1, -0.05) is 18.2 Å². The molecule has 17 heavy (non-hydrogen) atoms. The van der Waals surface area contributed by atoms with E-state index in [0.717, 1.165) is 11.1 Å². The third-order valence-corrected chi connectivity index (χ3v) is 2.76. The maximum atomic E-state index is 13.4. The predicted molar refractivity (Wildman–Crippen MR) is 64.8 cm³/mol. The minimum absolute atomic E-state index is 0.0744. The summed E-state index contributed by atoms with van der Waals surface area (Å²) in [7, 11) is 1.48. The lowest BCUT2D eigenvalue weighted by atomic mass is 10.00. The fourth-order valence-corrected chi connectivity index (χ4v) is 1.77. The molecule has 0 aliphatic carbocycles. The minimum atomic E-state index is -0.241. The quantitative estimate of drug-likeness (QED) is 0.858. The van der Waals surface area contributed by atoms with E-state index in [-0.39, 0.29) is 11.6 Å². The van der Waals surface area contributed by atoms with Crippen LogP contribution in [-0.2, 0) is 0 Å². The molecule has 0 atom stereocenters. The summed E-state index contributed by atoms with van der Waals surface area (Å²) in [6.07, 6.45) is 0. The number of methoxy groups -OCH3 is 1. The van der Waals surface area contributed by atoms with Crippen LogP contribution in [0, 0.1) is 12.7 Å². The van der Waals surface area contributed by atoms with Crippen molar-refractivity contribution in [3.05, 3.63) is 47.8 Å². The summed E-state index contributed by atoms with van der Waals surface area (Å²) < 4.78 is 18.5. The second-order valence-corrected chi connectivity index (χ2v) is 3.80. The van der Waals surface area contributed by atoms with Crippen LogP contribution >= 0.6 is 0 Å². The zero-order valence-electron chi connectivity index (χ0n) is 9.70. The second kappa shape index (κ2) is 4.45. The highest BCUT2D eigenvalue weighted by molar-refractivity contribution is 5.70. The van der Waals surface area contributed by atoms with Crippen LogP contribution in [0.2, 0.25) is 0 Å². The van der Waals surface area contributed by atoms with Crippen molar-refractivity contribution in [2.75, 3.05) is 7.11 Å². The first-order valence-electron chi connectivity index (χ1n) is 5.26. The van der Waals surface area contributed by atoms with Crippen LogP contribution in [0.1, 0.15) is 5.56 Å². The Kier molecular flexibility index (Phi) is 3.00. The van der Waals surface area contributed by atoms with Crippen LogP contribution in [0.5, 0.6) is 11.5 Å². The largest absolute Gasteiger partial charge is 0.504 e. The fourth-order valence-electron chi connectivity index (χ4n) is 1.77. The van der Waals surface area contributed by atoms with Gasteiger partial charge in [-0.2, -0.15) is 0 Å².